The predicted octanol–water partition coefficient (Wildman–Crippen LogP) is 19.9. The van der Waals surface area contributed by atoms with Crippen LogP contribution in [-0.4, -0.2) is 145 Å². The predicted molar refractivity (Wildman–Crippen MR) is 523 cm³/mol. The molecule has 0 radical (unpaired) electrons. The number of nitrogens with one attached hydrogen (secondary N) is 3. The van der Waals surface area contributed by atoms with E-state index in [1.165, 1.54) is 22.2 Å². The minimum atomic E-state index is -0.769. The molecule has 15 aromatic rings. The van der Waals surface area contributed by atoms with E-state index in [9.17, 15) is 47.1 Å². The van der Waals surface area contributed by atoms with E-state index in [-0.39, 0.29) is 64.1 Å². The topological polar surface area (TPSA) is 326 Å². The van der Waals surface area contributed by atoms with Crippen molar-refractivity contribution in [3.63, 3.8) is 0 Å². The number of carbonyl (C=O) groups is 8. The van der Waals surface area contributed by atoms with Gasteiger partial charge in [-0.15, -0.1) is 0 Å². The number of aliphatic hydroxyl groups is 1. The molecule has 0 atom stereocenters. The number of aliphatic hydroxyl groups excluding tert-OH is 1. The molecule has 11 heterocycles. The molecule has 29 heteroatoms. The number of hydrogen-bond acceptors (Lipinski definition) is 15. The number of fused-ring (bicyclic) bond motifs is 8. The van der Waals surface area contributed by atoms with Gasteiger partial charge >= 0.3 is 0 Å². The van der Waals surface area contributed by atoms with Crippen LogP contribution in [0.3, 0.4) is 0 Å². The Morgan fingerprint density at radius 1 is 0.362 bits per heavy atom. The standard InChI is InChI=1S/C29H30FN3O4.2C29H31N3O4.C22H20ClFN2O3/c1-29(2,3)20-9-7-17(8-10-20)25-14-23-26(37-25)15-24(32(23)4)28(35)33-11-5-6-18-12-19(27(34)31-36)13-22(30)21(18)16-33;1-29(2,3)22-9-7-19(8-10-22)25-16-23-26(36-25)17-24(31(23)4)28(34)32-13-11-18-5-6-21(27(33)30-35)15-20(18)12-14-32;1-29(2,3)22-11-9-18(10-12-22)25-15-23-26(36-25)16-24(31(23)4)28(34)32-13-5-6-19-14-20(27(33)30-35)7-8-21(19)17-32;1-25-18-7-3-2-6-15(18)20(23)21(25)22(29)26-8-4-5-13-9-14(19(28)12-27)10-17(24)16(13)11-26/h7-10,12-15,36H,5-6,11,16H2,1-4H3,(H,31,34);5-10,15-17,35H,11-14H2,1-4H3,(H,30,33);7-12,14-16,35H,5-6,13,17H2,1-4H3,(H,30,33);2-3,6-7,9-10,27H,4-5,8,11-12H2,1H3. The summed E-state index contributed by atoms with van der Waals surface area (Å²) in [6.07, 6.45) is 5.23. The molecule has 0 saturated carbocycles. The van der Waals surface area contributed by atoms with Crippen LogP contribution in [0.5, 0.6) is 0 Å². The van der Waals surface area contributed by atoms with Crippen molar-refractivity contribution in [1.29, 1.82) is 0 Å². The van der Waals surface area contributed by atoms with Gasteiger partial charge in [-0.05, 0) is 172 Å². The third kappa shape index (κ3) is 19.9. The lowest BCUT2D eigenvalue weighted by atomic mass is 9.86. The maximum absolute atomic E-state index is 14.9. The van der Waals surface area contributed by atoms with Gasteiger partial charge < -0.3 is 56.2 Å². The van der Waals surface area contributed by atoms with E-state index in [1.54, 1.807) is 74.8 Å². The highest BCUT2D eigenvalue weighted by Crippen LogP contribution is 2.40. The summed E-state index contributed by atoms with van der Waals surface area (Å²) in [4.78, 5) is 108. The zero-order chi connectivity index (χ0) is 98.4. The molecule has 19 rings (SSSR count). The molecule has 7 aromatic heterocycles. The molecule has 7 amide bonds. The lowest BCUT2D eigenvalue weighted by molar-refractivity contribution is 0.0701. The van der Waals surface area contributed by atoms with E-state index in [0.29, 0.717) is 156 Å². The van der Waals surface area contributed by atoms with Crippen LogP contribution in [0.15, 0.2) is 207 Å². The second-order valence-electron chi connectivity index (χ2n) is 38.9. The normalized spacial score (nSPS) is 14.0. The van der Waals surface area contributed by atoms with Crippen LogP contribution in [0, 0.1) is 11.6 Å². The zero-order valence-corrected chi connectivity index (χ0v) is 80.2. The molecule has 0 bridgehead atoms. The van der Waals surface area contributed by atoms with Crippen molar-refractivity contribution in [2.75, 3.05) is 39.3 Å². The van der Waals surface area contributed by atoms with E-state index >= 15 is 0 Å². The SMILES string of the molecule is Cn1c(C(=O)N2CCCc3cc(C(=O)CO)cc(F)c3C2)c(Cl)c2ccccc21.Cn1c(C(=O)N2CCCc3cc(C(=O)NO)cc(F)c3C2)cc2oc(-c3ccc(C(C)(C)C)cc3)cc21.Cn1c(C(=O)N2CCCc3cc(C(=O)NO)ccc3C2)cc2oc(-c3ccc(C(C)(C)C)cc3)cc21.Cn1c(C(=O)N2CCc3ccc(C(=O)NO)cc3CC2)cc2oc(-c3ccc(C(C)(C)C)cc3)cc21. The largest absolute Gasteiger partial charge is 0.454 e. The number of rotatable bonds is 12. The number of halogens is 3. The molecule has 714 valence electrons. The van der Waals surface area contributed by atoms with Crippen molar-refractivity contribution in [1.82, 2.24) is 54.3 Å². The average Bonchev–Trinajstić information content (AvgIpc) is 1.61. The number of nitrogens with zero attached hydrogens (tertiary/aromatic N) is 8. The first-order chi connectivity index (χ1) is 65.8. The number of amides is 7. The molecular weight excluding hydrogens is 1780 g/mol. The van der Waals surface area contributed by atoms with Crippen LogP contribution in [-0.2, 0) is 96.2 Å². The minimum absolute atomic E-state index is 0.0406. The summed E-state index contributed by atoms with van der Waals surface area (Å²) in [6.45, 7) is 22.3. The number of aryl methyl sites for hydroxylation is 7. The Balaban J connectivity index is 0.000000134. The van der Waals surface area contributed by atoms with Gasteiger partial charge in [0.1, 0.15) is 58.3 Å². The minimum Gasteiger partial charge on any atom is -0.454 e. The summed E-state index contributed by atoms with van der Waals surface area (Å²) in [7, 11) is 7.40. The van der Waals surface area contributed by atoms with E-state index in [2.05, 4.69) is 123 Å². The van der Waals surface area contributed by atoms with E-state index in [0.717, 1.165) is 109 Å². The molecule has 26 nitrogen and oxygen atoms in total. The Morgan fingerprint density at radius 3 is 1.12 bits per heavy atom. The summed E-state index contributed by atoms with van der Waals surface area (Å²) < 4.78 is 55.5. The molecule has 0 spiro atoms. The highest BCUT2D eigenvalue weighted by molar-refractivity contribution is 6.39. The number of Topliss-reactive ketones (excluding diaryl/α,β-unsaturated/α-hetero) is 1. The molecule has 4 aliphatic rings. The third-order valence-electron chi connectivity index (χ3n) is 26.9. The highest BCUT2D eigenvalue weighted by Gasteiger charge is 2.34. The van der Waals surface area contributed by atoms with Gasteiger partial charge in [0.2, 0.25) is 0 Å². The fourth-order valence-electron chi connectivity index (χ4n) is 18.7. The summed E-state index contributed by atoms with van der Waals surface area (Å²) in [5.74, 6) is -1.74. The van der Waals surface area contributed by atoms with E-state index in [4.69, 9.17) is 45.6 Å². The molecule has 8 aromatic carbocycles. The zero-order valence-electron chi connectivity index (χ0n) is 79.5. The van der Waals surface area contributed by atoms with Gasteiger partial charge in [0.05, 0.1) is 21.6 Å². The van der Waals surface area contributed by atoms with Crippen molar-refractivity contribution >= 4 is 103 Å². The molecule has 4 aliphatic heterocycles. The average molecular weight is 1890 g/mol. The van der Waals surface area contributed by atoms with Gasteiger partial charge in [0.15, 0.2) is 22.5 Å². The first-order valence-electron chi connectivity index (χ1n) is 46.1. The van der Waals surface area contributed by atoms with E-state index < -0.39 is 41.7 Å². The summed E-state index contributed by atoms with van der Waals surface area (Å²) in [5, 5.41) is 37.0. The number of hydroxylamine groups is 3. The number of furan rings is 3. The fraction of sp³-hybridized carbons (Fsp3) is 0.303. The van der Waals surface area contributed by atoms with Gasteiger partial charge in [0.25, 0.3) is 41.4 Å². The molecule has 7 N–H and O–H groups in total. The lowest BCUT2D eigenvalue weighted by Gasteiger charge is -2.22. The van der Waals surface area contributed by atoms with Crippen molar-refractivity contribution in [3.8, 4) is 34.0 Å². The van der Waals surface area contributed by atoms with Gasteiger partial charge in [-0.2, -0.15) is 0 Å². The Morgan fingerprint density at radius 2 is 0.717 bits per heavy atom. The Labute approximate surface area is 801 Å². The van der Waals surface area contributed by atoms with Crippen LogP contribution in [0.2, 0.25) is 5.02 Å². The molecule has 0 saturated heterocycles. The maximum Gasteiger partial charge on any atom is 0.274 e. The summed E-state index contributed by atoms with van der Waals surface area (Å²) in [6, 6.07) is 60.1. The number of ketones is 1. The van der Waals surface area contributed by atoms with Crippen LogP contribution in [0.25, 0.3) is 78.2 Å². The Hall–Kier alpha value is -14.3. The van der Waals surface area contributed by atoms with Crippen molar-refractivity contribution in [3.05, 3.63) is 317 Å². The number of benzene rings is 8. The van der Waals surface area contributed by atoms with Gasteiger partial charge in [-0.1, -0.05) is 177 Å². The number of carbonyl (C=O) groups excluding carboxylic acids is 8. The second-order valence-corrected chi connectivity index (χ2v) is 39.3. The molecule has 138 heavy (non-hydrogen) atoms. The van der Waals surface area contributed by atoms with Gasteiger partial charge in [-0.3, -0.25) is 54.0 Å². The Kier molecular flexibility index (Phi) is 27.7. The third-order valence-corrected chi connectivity index (χ3v) is 27.3. The molecule has 0 aliphatic carbocycles. The number of para-hydroxylation sites is 1. The van der Waals surface area contributed by atoms with Crippen molar-refractivity contribution in [2.45, 2.75) is 150 Å². The van der Waals surface area contributed by atoms with Gasteiger partial charge in [-0.25, -0.2) is 25.2 Å². The second kappa shape index (κ2) is 39.4. The van der Waals surface area contributed by atoms with Crippen LogP contribution in [0.4, 0.5) is 8.78 Å². The highest BCUT2D eigenvalue weighted by atomic mass is 35.5. The maximum atomic E-state index is 14.9. The van der Waals surface area contributed by atoms with Crippen molar-refractivity contribution < 1.29 is 81.1 Å². The quantitative estimate of drug-likeness (QED) is 0.0340. The fourth-order valence-corrected chi connectivity index (χ4v) is 19.1. The summed E-state index contributed by atoms with van der Waals surface area (Å²) in [5.41, 5.74) is 26.6. The number of aromatic nitrogens is 4. The lowest BCUT2D eigenvalue weighted by Crippen LogP contribution is -2.34. The van der Waals surface area contributed by atoms with Crippen LogP contribution >= 0.6 is 11.6 Å². The van der Waals surface area contributed by atoms with Crippen molar-refractivity contribution in [2.24, 2.45) is 28.2 Å². The Bertz CT molecular complexity index is 7230. The smallest absolute Gasteiger partial charge is 0.274 e. The van der Waals surface area contributed by atoms with E-state index in [1.807, 2.05) is 124 Å². The van der Waals surface area contributed by atoms with Crippen LogP contribution < -0.4 is 16.4 Å². The summed E-state index contributed by atoms with van der Waals surface area (Å²) >= 11 is 6.52. The monoisotopic (exact) mass is 1890 g/mol. The molecule has 0 unspecified atom stereocenters. The molecular formula is C109H112ClF2N11O15. The number of hydrogen-bond donors (Lipinski definition) is 7. The first kappa shape index (κ1) is 96.8. The van der Waals surface area contributed by atoms with Gasteiger partial charge in [0, 0.05) is 178 Å². The first-order valence-corrected chi connectivity index (χ1v) is 46.5. The van der Waals surface area contributed by atoms with Crippen LogP contribution in [0.1, 0.15) is 226 Å². The molecule has 0 fully saturated rings.